The van der Waals surface area contributed by atoms with Crippen molar-refractivity contribution in [3.05, 3.63) is 89.5 Å². The summed E-state index contributed by atoms with van der Waals surface area (Å²) < 4.78 is 3.63. The van der Waals surface area contributed by atoms with Gasteiger partial charge in [-0.25, -0.2) is 9.36 Å². The van der Waals surface area contributed by atoms with Crippen molar-refractivity contribution in [1.82, 2.24) is 19.6 Å². The normalized spacial score (nSPS) is 10.8. The first-order valence-corrected chi connectivity index (χ1v) is 9.08. The van der Waals surface area contributed by atoms with Gasteiger partial charge in [0.25, 0.3) is 5.91 Å². The summed E-state index contributed by atoms with van der Waals surface area (Å²) in [6.07, 6.45) is 0. The lowest BCUT2D eigenvalue weighted by atomic mass is 10.2. The first-order chi connectivity index (χ1) is 13.5. The number of para-hydroxylation sites is 1. The molecule has 0 bridgehead atoms. The molecule has 4 aromatic rings. The lowest BCUT2D eigenvalue weighted by Gasteiger charge is -2.08. The maximum absolute atomic E-state index is 12.7. The fourth-order valence-corrected chi connectivity index (χ4v) is 3.22. The van der Waals surface area contributed by atoms with Crippen molar-refractivity contribution in [1.29, 1.82) is 0 Å². The largest absolute Gasteiger partial charge is 0.321 e. The molecule has 140 valence electrons. The maximum atomic E-state index is 12.7. The molecular formula is C22H21N5O. The molecule has 1 amide bonds. The van der Waals surface area contributed by atoms with Crippen LogP contribution >= 0.6 is 0 Å². The van der Waals surface area contributed by atoms with Crippen molar-refractivity contribution >= 4 is 11.6 Å². The fourth-order valence-electron chi connectivity index (χ4n) is 3.22. The fraction of sp³-hybridized carbons (Fsp3) is 0.136. The Bertz CT molecular complexity index is 1140. The van der Waals surface area contributed by atoms with Crippen molar-refractivity contribution < 1.29 is 4.79 Å². The Hall–Kier alpha value is -3.67. The molecule has 1 N–H and O–H groups in total. The highest BCUT2D eigenvalue weighted by Gasteiger charge is 2.14. The SMILES string of the molecule is Cc1cc(C)n(-c2cccc(NC(=O)c3cc(C)n(-c4ccccc4)n3)c2)n1. The van der Waals surface area contributed by atoms with Crippen molar-refractivity contribution in [3.8, 4) is 11.4 Å². The average Bonchev–Trinajstić information content (AvgIpc) is 3.24. The molecule has 4 rings (SSSR count). The molecule has 28 heavy (non-hydrogen) atoms. The number of benzene rings is 2. The number of nitrogens with one attached hydrogen (secondary N) is 1. The lowest BCUT2D eigenvalue weighted by molar-refractivity contribution is 0.102. The van der Waals surface area contributed by atoms with Crippen LogP contribution in [0, 0.1) is 20.8 Å². The van der Waals surface area contributed by atoms with Crippen LogP contribution in [0.25, 0.3) is 11.4 Å². The van der Waals surface area contributed by atoms with Crippen molar-refractivity contribution in [2.75, 3.05) is 5.32 Å². The zero-order valence-corrected chi connectivity index (χ0v) is 16.0. The molecule has 0 unspecified atom stereocenters. The van der Waals surface area contributed by atoms with Crippen molar-refractivity contribution in [2.45, 2.75) is 20.8 Å². The zero-order valence-electron chi connectivity index (χ0n) is 16.0. The number of nitrogens with zero attached hydrogens (tertiary/aromatic N) is 4. The summed E-state index contributed by atoms with van der Waals surface area (Å²) in [6.45, 7) is 5.89. The van der Waals surface area contributed by atoms with Crippen LogP contribution in [0.15, 0.2) is 66.7 Å². The predicted molar refractivity (Wildman–Crippen MR) is 109 cm³/mol. The molecular weight excluding hydrogens is 350 g/mol. The van der Waals surface area contributed by atoms with E-state index in [9.17, 15) is 4.79 Å². The molecule has 2 heterocycles. The van der Waals surface area contributed by atoms with Gasteiger partial charge in [-0.15, -0.1) is 0 Å². The van der Waals surface area contributed by atoms with E-state index < -0.39 is 0 Å². The van der Waals surface area contributed by atoms with E-state index in [0.29, 0.717) is 11.4 Å². The molecule has 0 radical (unpaired) electrons. The number of hydrogen-bond donors (Lipinski definition) is 1. The number of aryl methyl sites for hydroxylation is 3. The Kier molecular flexibility index (Phi) is 4.53. The first-order valence-electron chi connectivity index (χ1n) is 9.08. The Morgan fingerprint density at radius 2 is 1.46 bits per heavy atom. The summed E-state index contributed by atoms with van der Waals surface area (Å²) in [5.74, 6) is -0.247. The Morgan fingerprint density at radius 3 is 2.18 bits per heavy atom. The molecule has 0 spiro atoms. The summed E-state index contributed by atoms with van der Waals surface area (Å²) in [4.78, 5) is 12.7. The Morgan fingerprint density at radius 1 is 0.786 bits per heavy atom. The molecule has 0 aliphatic heterocycles. The highest BCUT2D eigenvalue weighted by atomic mass is 16.1. The second-order valence-electron chi connectivity index (χ2n) is 6.76. The van der Waals surface area contributed by atoms with E-state index in [1.165, 1.54) is 0 Å². The van der Waals surface area contributed by atoms with Gasteiger partial charge in [0.2, 0.25) is 0 Å². The van der Waals surface area contributed by atoms with Crippen LogP contribution in [0.4, 0.5) is 5.69 Å². The van der Waals surface area contributed by atoms with Crippen LogP contribution in [0.1, 0.15) is 27.6 Å². The molecule has 0 aliphatic carbocycles. The summed E-state index contributed by atoms with van der Waals surface area (Å²) in [7, 11) is 0. The quantitative estimate of drug-likeness (QED) is 0.584. The molecule has 2 aromatic heterocycles. The van der Waals surface area contributed by atoms with Gasteiger partial charge >= 0.3 is 0 Å². The van der Waals surface area contributed by atoms with Crippen LogP contribution < -0.4 is 5.32 Å². The minimum atomic E-state index is -0.247. The van der Waals surface area contributed by atoms with Crippen LogP contribution in [0.5, 0.6) is 0 Å². The third kappa shape index (κ3) is 3.44. The van der Waals surface area contributed by atoms with Crippen LogP contribution in [0.2, 0.25) is 0 Å². The minimum Gasteiger partial charge on any atom is -0.321 e. The third-order valence-corrected chi connectivity index (χ3v) is 4.48. The maximum Gasteiger partial charge on any atom is 0.276 e. The van der Waals surface area contributed by atoms with Crippen molar-refractivity contribution in [3.63, 3.8) is 0 Å². The minimum absolute atomic E-state index is 0.247. The second-order valence-corrected chi connectivity index (χ2v) is 6.76. The van der Waals surface area contributed by atoms with E-state index in [4.69, 9.17) is 0 Å². The van der Waals surface area contributed by atoms with E-state index in [-0.39, 0.29) is 5.91 Å². The molecule has 0 atom stereocenters. The topological polar surface area (TPSA) is 64.7 Å². The summed E-state index contributed by atoms with van der Waals surface area (Å²) in [5.41, 5.74) is 5.78. The molecule has 6 nitrogen and oxygen atoms in total. The smallest absolute Gasteiger partial charge is 0.276 e. The van der Waals surface area contributed by atoms with Crippen LogP contribution in [-0.4, -0.2) is 25.5 Å². The van der Waals surface area contributed by atoms with E-state index in [2.05, 4.69) is 15.5 Å². The van der Waals surface area contributed by atoms with Gasteiger partial charge in [-0.1, -0.05) is 24.3 Å². The van der Waals surface area contributed by atoms with Crippen molar-refractivity contribution in [2.24, 2.45) is 0 Å². The van der Waals surface area contributed by atoms with Gasteiger partial charge in [0, 0.05) is 17.1 Å². The number of rotatable bonds is 4. The van der Waals surface area contributed by atoms with E-state index >= 15 is 0 Å². The molecule has 6 heteroatoms. The van der Waals surface area contributed by atoms with E-state index in [1.54, 1.807) is 10.7 Å². The number of anilines is 1. The number of carbonyl (C=O) groups excluding carboxylic acids is 1. The van der Waals surface area contributed by atoms with Gasteiger partial charge in [0.15, 0.2) is 5.69 Å². The Balaban J connectivity index is 1.58. The number of carbonyl (C=O) groups is 1. The van der Waals surface area contributed by atoms with E-state index in [0.717, 1.165) is 28.5 Å². The third-order valence-electron chi connectivity index (χ3n) is 4.48. The van der Waals surface area contributed by atoms with Gasteiger partial charge in [-0.3, -0.25) is 4.79 Å². The average molecular weight is 371 g/mol. The van der Waals surface area contributed by atoms with Gasteiger partial charge < -0.3 is 5.32 Å². The highest BCUT2D eigenvalue weighted by Crippen LogP contribution is 2.18. The standard InChI is InChI=1S/C22H21N5O/c1-15-12-16(2)27(24-15)20-11-7-8-18(14-20)23-22(28)21-13-17(3)26(25-21)19-9-5-4-6-10-19/h4-14H,1-3H3,(H,23,28). The summed E-state index contributed by atoms with van der Waals surface area (Å²) in [6, 6.07) is 21.2. The number of amides is 1. The lowest BCUT2D eigenvalue weighted by Crippen LogP contribution is -2.13. The summed E-state index contributed by atoms with van der Waals surface area (Å²) in [5, 5.41) is 11.9. The van der Waals surface area contributed by atoms with Gasteiger partial charge in [0.1, 0.15) is 0 Å². The number of hydrogen-bond acceptors (Lipinski definition) is 3. The highest BCUT2D eigenvalue weighted by molar-refractivity contribution is 6.03. The zero-order chi connectivity index (χ0) is 19.7. The van der Waals surface area contributed by atoms with Gasteiger partial charge in [-0.05, 0) is 63.2 Å². The number of aromatic nitrogens is 4. The molecule has 0 fully saturated rings. The predicted octanol–water partition coefficient (Wildman–Crippen LogP) is 4.24. The van der Waals surface area contributed by atoms with Crippen LogP contribution in [0.3, 0.4) is 0 Å². The monoisotopic (exact) mass is 371 g/mol. The molecule has 0 aliphatic rings. The second kappa shape index (κ2) is 7.15. The van der Waals surface area contributed by atoms with Crippen LogP contribution in [-0.2, 0) is 0 Å². The first kappa shape index (κ1) is 17.7. The molecule has 2 aromatic carbocycles. The van der Waals surface area contributed by atoms with E-state index in [1.807, 2.05) is 86.1 Å². The Labute approximate surface area is 163 Å². The summed E-state index contributed by atoms with van der Waals surface area (Å²) >= 11 is 0. The van der Waals surface area contributed by atoms with Gasteiger partial charge in [0.05, 0.1) is 17.1 Å². The molecule has 0 saturated carbocycles. The molecule has 0 saturated heterocycles. The van der Waals surface area contributed by atoms with Gasteiger partial charge in [-0.2, -0.15) is 10.2 Å².